The zero-order chi connectivity index (χ0) is 23.6. The lowest BCUT2D eigenvalue weighted by molar-refractivity contribution is 0.216. The summed E-state index contributed by atoms with van der Waals surface area (Å²) in [6, 6.07) is 21.7. The third-order valence-electron chi connectivity index (χ3n) is 6.18. The highest BCUT2D eigenvalue weighted by atomic mass is 28.4. The van der Waals surface area contributed by atoms with E-state index >= 15 is 0 Å². The zero-order valence-electron chi connectivity index (χ0n) is 20.9. The van der Waals surface area contributed by atoms with Crippen LogP contribution in [0.3, 0.4) is 0 Å². The molecule has 0 saturated heterocycles. The van der Waals surface area contributed by atoms with Gasteiger partial charge in [0.1, 0.15) is 8.07 Å². The minimum Gasteiger partial charge on any atom is -0.400 e. The van der Waals surface area contributed by atoms with Gasteiger partial charge >= 0.3 is 0 Å². The van der Waals surface area contributed by atoms with Crippen LogP contribution in [0.1, 0.15) is 40.5 Å². The summed E-state index contributed by atoms with van der Waals surface area (Å²) in [6.07, 6.45) is 1.68. The minimum atomic E-state index is -2.61. The molecule has 0 bridgehead atoms. The number of rotatable bonds is 4. The summed E-state index contributed by atoms with van der Waals surface area (Å²) < 4.78 is 7.39. The van der Waals surface area contributed by atoms with Gasteiger partial charge in [-0.2, -0.15) is 0 Å². The molecule has 1 aliphatic carbocycles. The van der Waals surface area contributed by atoms with E-state index in [-0.39, 0.29) is 11.1 Å². The van der Waals surface area contributed by atoms with Crippen LogP contribution in [0.15, 0.2) is 84.0 Å². The normalized spacial score (nSPS) is 17.7. The molecule has 1 nitrogen and oxygen atoms in total. The van der Waals surface area contributed by atoms with E-state index in [0.717, 1.165) is 12.8 Å². The highest BCUT2D eigenvalue weighted by Gasteiger charge is 2.51. The maximum atomic E-state index is 7.39. The molecule has 3 rings (SSSR count). The van der Waals surface area contributed by atoms with E-state index in [9.17, 15) is 0 Å². The van der Waals surface area contributed by atoms with Gasteiger partial charge in [-0.15, -0.1) is 5.54 Å². The van der Waals surface area contributed by atoms with Gasteiger partial charge in [-0.25, -0.2) is 0 Å². The molecule has 0 N–H and O–H groups in total. The summed E-state index contributed by atoms with van der Waals surface area (Å²) in [5, 5.41) is 2.58. The Labute approximate surface area is 197 Å². The second-order valence-corrected chi connectivity index (χ2v) is 20.1. The highest BCUT2D eigenvalue weighted by molar-refractivity contribution is 6.99. The largest absolute Gasteiger partial charge is 0.400 e. The van der Waals surface area contributed by atoms with Gasteiger partial charge in [-0.1, -0.05) is 119 Å². The Morgan fingerprint density at radius 1 is 0.906 bits per heavy atom. The maximum absolute atomic E-state index is 7.39. The molecule has 0 unspecified atom stereocenters. The summed E-state index contributed by atoms with van der Waals surface area (Å²) in [5.41, 5.74) is 7.35. The molecule has 3 heteroatoms. The Morgan fingerprint density at radius 2 is 1.41 bits per heavy atom. The third-order valence-corrected chi connectivity index (χ3v) is 12.1. The Kier molecular flexibility index (Phi) is 7.19. The van der Waals surface area contributed by atoms with E-state index in [0.29, 0.717) is 0 Å². The van der Waals surface area contributed by atoms with Crippen LogP contribution in [0.2, 0.25) is 24.7 Å². The van der Waals surface area contributed by atoms with Crippen molar-refractivity contribution in [3.05, 3.63) is 84.0 Å². The molecule has 0 spiro atoms. The van der Waals surface area contributed by atoms with Crippen LogP contribution < -0.4 is 10.4 Å². The van der Waals surface area contributed by atoms with E-state index in [1.807, 2.05) is 0 Å². The number of benzene rings is 2. The van der Waals surface area contributed by atoms with Gasteiger partial charge in [0.15, 0.2) is 0 Å². The molecule has 32 heavy (non-hydrogen) atoms. The highest BCUT2D eigenvalue weighted by Crippen LogP contribution is 2.40. The first-order valence-electron chi connectivity index (χ1n) is 11.6. The topological polar surface area (TPSA) is 9.23 Å². The van der Waals surface area contributed by atoms with Crippen LogP contribution in [0.25, 0.3) is 0 Å². The Morgan fingerprint density at radius 3 is 1.84 bits per heavy atom. The Bertz CT molecular complexity index is 1000. The molecule has 168 valence electrons. The molecule has 1 aliphatic rings. The lowest BCUT2D eigenvalue weighted by Crippen LogP contribution is -2.68. The molecule has 2 aromatic carbocycles. The van der Waals surface area contributed by atoms with Gasteiger partial charge in [-0.05, 0) is 34.3 Å². The molecular formula is C29H38OSi2. The predicted octanol–water partition coefficient (Wildman–Crippen LogP) is 6.48. The fraction of sp³-hybridized carbons (Fsp3) is 0.379. The second-order valence-electron chi connectivity index (χ2n) is 11.1. The van der Waals surface area contributed by atoms with E-state index in [1.54, 1.807) is 0 Å². The average molecular weight is 459 g/mol. The number of hydrogen-bond acceptors (Lipinski definition) is 1. The van der Waals surface area contributed by atoms with Crippen molar-refractivity contribution in [1.82, 2.24) is 0 Å². The van der Waals surface area contributed by atoms with Crippen LogP contribution in [0.4, 0.5) is 0 Å². The van der Waals surface area contributed by atoms with E-state index < -0.39 is 16.4 Å². The van der Waals surface area contributed by atoms with Crippen LogP contribution in [-0.4, -0.2) is 22.5 Å². The lowest BCUT2D eigenvalue weighted by atomic mass is 9.88. The molecule has 0 aromatic heterocycles. The smallest absolute Gasteiger partial charge is 0.261 e. The number of allylic oxidation sites excluding steroid dienone is 1. The fourth-order valence-electron chi connectivity index (χ4n) is 4.52. The first-order chi connectivity index (χ1) is 14.9. The van der Waals surface area contributed by atoms with Gasteiger partial charge in [0, 0.05) is 12.0 Å². The van der Waals surface area contributed by atoms with Crippen LogP contribution >= 0.6 is 0 Å². The van der Waals surface area contributed by atoms with Crippen molar-refractivity contribution < 1.29 is 4.43 Å². The molecule has 0 saturated carbocycles. The summed E-state index contributed by atoms with van der Waals surface area (Å²) in [5.74, 6) is 3.55. The van der Waals surface area contributed by atoms with Crippen molar-refractivity contribution in [3.8, 4) is 11.5 Å². The molecule has 0 heterocycles. The molecule has 0 aliphatic heterocycles. The lowest BCUT2D eigenvalue weighted by Gasteiger charge is -2.46. The molecule has 0 fully saturated rings. The summed E-state index contributed by atoms with van der Waals surface area (Å²) in [6.45, 7) is 20.6. The van der Waals surface area contributed by atoms with Gasteiger partial charge in [0.05, 0.1) is 6.10 Å². The summed E-state index contributed by atoms with van der Waals surface area (Å²) in [7, 11) is -4.05. The molecule has 1 atom stereocenters. The molecule has 0 amide bonds. The van der Waals surface area contributed by atoms with E-state index in [1.165, 1.54) is 27.1 Å². The van der Waals surface area contributed by atoms with Crippen LogP contribution in [0, 0.1) is 11.5 Å². The Balaban J connectivity index is 2.11. The van der Waals surface area contributed by atoms with Gasteiger partial charge < -0.3 is 4.43 Å². The van der Waals surface area contributed by atoms with Crippen molar-refractivity contribution >= 4 is 26.8 Å². The van der Waals surface area contributed by atoms with E-state index in [2.05, 4.69) is 126 Å². The number of hydrogen-bond donors (Lipinski definition) is 0. The Hall–Kier alpha value is -2.13. The maximum Gasteiger partial charge on any atom is 0.261 e. The van der Waals surface area contributed by atoms with Crippen LogP contribution in [-0.2, 0) is 4.43 Å². The average Bonchev–Trinajstić information content (AvgIpc) is 2.72. The summed E-state index contributed by atoms with van der Waals surface area (Å²) >= 11 is 0. The predicted molar refractivity (Wildman–Crippen MR) is 145 cm³/mol. The monoisotopic (exact) mass is 458 g/mol. The van der Waals surface area contributed by atoms with Crippen molar-refractivity contribution in [3.63, 3.8) is 0 Å². The van der Waals surface area contributed by atoms with Gasteiger partial charge in [0.2, 0.25) is 0 Å². The zero-order valence-corrected chi connectivity index (χ0v) is 22.9. The molecule has 2 aromatic rings. The molecular weight excluding hydrogens is 420 g/mol. The van der Waals surface area contributed by atoms with Gasteiger partial charge in [-0.3, -0.25) is 0 Å². The first-order valence-corrected chi connectivity index (χ1v) is 17.0. The standard InChI is InChI=1S/C29H38OSi2/c1-23-21-24(2)28(22-25(23)19-20-31(6,7)8)30-32(29(3,4)5,26-15-11-9-12-16-26)27-17-13-10-14-18-27/h9-18,28H,2,21-22H2,1,3-8H3/t28-/m1/s1. The van der Waals surface area contributed by atoms with Gasteiger partial charge in [0.25, 0.3) is 8.32 Å². The third kappa shape index (κ3) is 5.26. The molecule has 0 radical (unpaired) electrons. The fourth-order valence-corrected chi connectivity index (χ4v) is 9.73. The van der Waals surface area contributed by atoms with Crippen molar-refractivity contribution in [2.75, 3.05) is 0 Å². The minimum absolute atomic E-state index is 0.0176. The first kappa shape index (κ1) is 24.5. The quantitative estimate of drug-likeness (QED) is 0.289. The van der Waals surface area contributed by atoms with Crippen LogP contribution in [0.5, 0.6) is 0 Å². The van der Waals surface area contributed by atoms with Crippen molar-refractivity contribution in [2.45, 2.75) is 71.3 Å². The van der Waals surface area contributed by atoms with E-state index in [4.69, 9.17) is 4.43 Å². The van der Waals surface area contributed by atoms with Crippen molar-refractivity contribution in [2.24, 2.45) is 0 Å². The second kappa shape index (κ2) is 9.39. The SMILES string of the molecule is C=C1CC(C)=C(C#C[Si](C)(C)C)C[C@H]1O[Si](c1ccccc1)(c1ccccc1)C(C)(C)C. The van der Waals surface area contributed by atoms with Crippen molar-refractivity contribution in [1.29, 1.82) is 0 Å². The summed E-state index contributed by atoms with van der Waals surface area (Å²) in [4.78, 5) is 0.